The van der Waals surface area contributed by atoms with E-state index in [1.54, 1.807) is 20.8 Å². The van der Waals surface area contributed by atoms with E-state index < -0.39 is 81.6 Å². The Morgan fingerprint density at radius 3 is 2.17 bits per heavy atom. The van der Waals surface area contributed by atoms with E-state index in [9.17, 15) is 36.4 Å². The maximum absolute atomic E-state index is 14.1. The van der Waals surface area contributed by atoms with Crippen molar-refractivity contribution >= 4 is 33.8 Å². The monoisotopic (exact) mass is 784 g/mol. The summed E-state index contributed by atoms with van der Waals surface area (Å²) in [4.78, 5) is 55.8. The summed E-state index contributed by atoms with van der Waals surface area (Å²) in [6.07, 6.45) is 1.46. The van der Waals surface area contributed by atoms with Crippen LogP contribution in [0.2, 0.25) is 0 Å². The van der Waals surface area contributed by atoms with Gasteiger partial charge in [0.15, 0.2) is 0 Å². The van der Waals surface area contributed by atoms with Crippen molar-refractivity contribution in [1.29, 1.82) is 0 Å². The lowest BCUT2D eigenvalue weighted by Crippen LogP contribution is -2.62. The van der Waals surface area contributed by atoms with Gasteiger partial charge >= 0.3 is 6.03 Å². The number of amides is 5. The molecule has 13 nitrogen and oxygen atoms in total. The molecule has 0 radical (unpaired) electrons. The number of halogens is 2. The second kappa shape index (κ2) is 19.5. The van der Waals surface area contributed by atoms with Crippen molar-refractivity contribution in [3.05, 3.63) is 35.9 Å². The number of likely N-dealkylation sites (tertiary alicyclic amines) is 1. The van der Waals surface area contributed by atoms with Crippen LogP contribution in [0.15, 0.2) is 30.3 Å². The first kappa shape index (κ1) is 45.0. The average molecular weight is 785 g/mol. The molecule has 1 heterocycles. The van der Waals surface area contributed by atoms with Gasteiger partial charge in [-0.15, -0.1) is 0 Å². The van der Waals surface area contributed by atoms with Gasteiger partial charge in [0.05, 0.1) is 19.0 Å². The van der Waals surface area contributed by atoms with Gasteiger partial charge in [0.2, 0.25) is 34.2 Å². The molecule has 54 heavy (non-hydrogen) atoms. The molecule has 16 heteroatoms. The molecular formula is C38H62F2N6O7S. The van der Waals surface area contributed by atoms with E-state index in [1.807, 2.05) is 51.1 Å². The van der Waals surface area contributed by atoms with Crippen LogP contribution in [-0.4, -0.2) is 111 Å². The fourth-order valence-electron chi connectivity index (χ4n) is 6.81. The van der Waals surface area contributed by atoms with Gasteiger partial charge in [-0.05, 0) is 42.1 Å². The highest BCUT2D eigenvalue weighted by molar-refractivity contribution is 7.88. The molecule has 1 aliphatic carbocycles. The van der Waals surface area contributed by atoms with E-state index >= 15 is 0 Å². The fourth-order valence-corrected chi connectivity index (χ4v) is 7.23. The van der Waals surface area contributed by atoms with Gasteiger partial charge in [0.1, 0.15) is 18.1 Å². The number of carbonyl (C=O) groups is 4. The number of sulfonamides is 1. The summed E-state index contributed by atoms with van der Waals surface area (Å²) in [5.74, 6) is -2.01. The van der Waals surface area contributed by atoms with Crippen LogP contribution in [0.5, 0.6) is 0 Å². The summed E-state index contributed by atoms with van der Waals surface area (Å²) in [6.45, 7) is 11.6. The zero-order chi connectivity index (χ0) is 40.4. The Morgan fingerprint density at radius 2 is 1.57 bits per heavy atom. The molecule has 0 aromatic heterocycles. The van der Waals surface area contributed by atoms with E-state index in [0.29, 0.717) is 13.0 Å². The number of nitrogens with one attached hydrogen (secondary N) is 4. The summed E-state index contributed by atoms with van der Waals surface area (Å²) in [7, 11) is -2.12. The van der Waals surface area contributed by atoms with Crippen LogP contribution in [0.4, 0.5) is 13.6 Å². The molecule has 0 bridgehead atoms. The average Bonchev–Trinajstić information content (AvgIpc) is 3.57. The van der Waals surface area contributed by atoms with Crippen LogP contribution in [-0.2, 0) is 35.8 Å². The first-order valence-corrected chi connectivity index (χ1v) is 20.7. The smallest absolute Gasteiger partial charge is 0.315 e. The maximum Gasteiger partial charge on any atom is 0.315 e. The second-order valence-electron chi connectivity index (χ2n) is 16.9. The van der Waals surface area contributed by atoms with Gasteiger partial charge in [-0.2, -0.15) is 0 Å². The third-order valence-electron chi connectivity index (χ3n) is 10.3. The zero-order valence-corrected chi connectivity index (χ0v) is 33.9. The van der Waals surface area contributed by atoms with Crippen molar-refractivity contribution in [2.75, 3.05) is 32.9 Å². The number of hydrogen-bond donors (Lipinski definition) is 4. The van der Waals surface area contributed by atoms with E-state index in [-0.39, 0.29) is 38.1 Å². The molecule has 0 unspecified atom stereocenters. The lowest BCUT2D eigenvalue weighted by molar-refractivity contribution is -0.142. The van der Waals surface area contributed by atoms with Crippen LogP contribution in [0, 0.1) is 16.7 Å². The quantitative estimate of drug-likeness (QED) is 0.197. The third-order valence-corrected chi connectivity index (χ3v) is 11.6. The Kier molecular flexibility index (Phi) is 16.2. The fraction of sp³-hybridized carbons (Fsp3) is 0.737. The SMILES string of the molecule is CN(C[C@@H](NC(=O)N[C@H](C(=O)N1CCC[C@H]1C(=O)N[C@@H](CC(F)F)C(=O)NC[C@H]1CCCC[C@@H]1OCc1ccccc1)C(C)(C)C)C(C)(C)C)S(C)(=O)=O. The number of hydrogen-bond acceptors (Lipinski definition) is 7. The van der Waals surface area contributed by atoms with Crippen LogP contribution >= 0.6 is 0 Å². The summed E-state index contributed by atoms with van der Waals surface area (Å²) in [5.41, 5.74) is -0.342. The molecule has 1 aliphatic heterocycles. The summed E-state index contributed by atoms with van der Waals surface area (Å²) in [6, 6.07) is 4.76. The predicted molar refractivity (Wildman–Crippen MR) is 203 cm³/mol. The molecule has 1 aromatic carbocycles. The van der Waals surface area contributed by atoms with Crippen molar-refractivity contribution in [2.45, 2.75) is 130 Å². The first-order chi connectivity index (χ1) is 25.1. The van der Waals surface area contributed by atoms with Crippen molar-refractivity contribution in [3.8, 4) is 0 Å². The van der Waals surface area contributed by atoms with Crippen molar-refractivity contribution in [1.82, 2.24) is 30.5 Å². The summed E-state index contributed by atoms with van der Waals surface area (Å²) >= 11 is 0. The highest BCUT2D eigenvalue weighted by Crippen LogP contribution is 2.29. The third kappa shape index (κ3) is 13.7. The number of likely N-dealkylation sites (N-methyl/N-ethyl adjacent to an activating group) is 1. The minimum Gasteiger partial charge on any atom is -0.373 e. The van der Waals surface area contributed by atoms with E-state index in [0.717, 1.165) is 41.8 Å². The first-order valence-electron chi connectivity index (χ1n) is 18.9. The highest BCUT2D eigenvalue weighted by atomic mass is 32.2. The van der Waals surface area contributed by atoms with E-state index in [4.69, 9.17) is 4.74 Å². The number of carbonyl (C=O) groups excluding carboxylic acids is 4. The number of alkyl halides is 2. The number of rotatable bonds is 16. The standard InChI is InChI=1S/C38H62F2N6O7S/c1-37(2,3)30(23-45(7)54(8,51)52)43-36(50)44-32(38(4,5)6)35(49)46-20-14-18-28(46)34(48)42-27(21-31(39)40)33(47)41-22-26-17-12-13-19-29(26)53-24-25-15-10-9-11-16-25/h9-11,15-16,26-32H,12-14,17-24H2,1-8H3,(H,41,47)(H,42,48)(H2,43,44,50)/t26-,27+,28+,29+,30-,32-/m1/s1. The Balaban J connectivity index is 1.68. The molecule has 4 N–H and O–H groups in total. The van der Waals surface area contributed by atoms with Gasteiger partial charge in [-0.3, -0.25) is 14.4 Å². The van der Waals surface area contributed by atoms with Gasteiger partial charge in [-0.1, -0.05) is 84.7 Å². The van der Waals surface area contributed by atoms with Crippen molar-refractivity contribution < 1.29 is 41.1 Å². The maximum atomic E-state index is 14.1. The summed E-state index contributed by atoms with van der Waals surface area (Å²) < 4.78 is 59.0. The number of nitrogens with zero attached hydrogens (tertiary/aromatic N) is 2. The van der Waals surface area contributed by atoms with Gasteiger partial charge in [0.25, 0.3) is 0 Å². The van der Waals surface area contributed by atoms with Gasteiger partial charge in [0, 0.05) is 45.1 Å². The number of benzene rings is 1. The Bertz CT molecular complexity index is 1520. The lowest BCUT2D eigenvalue weighted by atomic mass is 9.85. The lowest BCUT2D eigenvalue weighted by Gasteiger charge is -2.37. The van der Waals surface area contributed by atoms with Gasteiger partial charge < -0.3 is 30.9 Å². The summed E-state index contributed by atoms with van der Waals surface area (Å²) in [5, 5.41) is 10.9. The Labute approximate surface area is 320 Å². The molecule has 3 rings (SSSR count). The zero-order valence-electron chi connectivity index (χ0n) is 33.1. The highest BCUT2D eigenvalue weighted by Gasteiger charge is 2.43. The molecule has 0 spiro atoms. The molecule has 6 atom stereocenters. The van der Waals surface area contributed by atoms with E-state index in [2.05, 4.69) is 21.3 Å². The molecule has 1 saturated carbocycles. The van der Waals surface area contributed by atoms with Crippen molar-refractivity contribution in [3.63, 3.8) is 0 Å². The van der Waals surface area contributed by atoms with Crippen LogP contribution in [0.25, 0.3) is 0 Å². The molecule has 306 valence electrons. The minimum atomic E-state index is -3.53. The molecule has 1 saturated heterocycles. The topological polar surface area (TPSA) is 166 Å². The molecular weight excluding hydrogens is 723 g/mol. The second-order valence-corrected chi connectivity index (χ2v) is 19.0. The largest absolute Gasteiger partial charge is 0.373 e. The molecule has 1 aromatic rings. The van der Waals surface area contributed by atoms with Crippen LogP contribution in [0.1, 0.15) is 92.1 Å². The van der Waals surface area contributed by atoms with Crippen LogP contribution in [0.3, 0.4) is 0 Å². The van der Waals surface area contributed by atoms with Crippen LogP contribution < -0.4 is 21.3 Å². The van der Waals surface area contributed by atoms with Crippen molar-refractivity contribution in [2.24, 2.45) is 16.7 Å². The number of ether oxygens (including phenoxy) is 1. The normalized spacial score (nSPS) is 21.3. The molecule has 2 fully saturated rings. The molecule has 2 aliphatic rings. The minimum absolute atomic E-state index is 0.00507. The Morgan fingerprint density at radius 1 is 0.926 bits per heavy atom. The predicted octanol–water partition coefficient (Wildman–Crippen LogP) is 4.03. The Hall–Kier alpha value is -3.37. The number of urea groups is 1. The molecule has 5 amide bonds. The van der Waals surface area contributed by atoms with E-state index in [1.165, 1.54) is 11.9 Å². The van der Waals surface area contributed by atoms with Gasteiger partial charge in [-0.25, -0.2) is 26.3 Å².